The van der Waals surface area contributed by atoms with Gasteiger partial charge in [-0.25, -0.2) is 9.59 Å². The highest BCUT2D eigenvalue weighted by atomic mass is 16.5. The van der Waals surface area contributed by atoms with Crippen LogP contribution < -0.4 is 0 Å². The molecule has 1 heterocycles. The molecule has 5 heteroatoms. The molecule has 1 unspecified atom stereocenters. The number of hydrogen-bond donors (Lipinski definition) is 1. The van der Waals surface area contributed by atoms with E-state index in [1.54, 1.807) is 13.0 Å². The average Bonchev–Trinajstić information content (AvgIpc) is 2.45. The summed E-state index contributed by atoms with van der Waals surface area (Å²) in [6.07, 6.45) is 2.88. The van der Waals surface area contributed by atoms with Crippen molar-refractivity contribution in [3.8, 4) is 0 Å². The summed E-state index contributed by atoms with van der Waals surface area (Å²) in [6.45, 7) is 4.50. The van der Waals surface area contributed by atoms with Gasteiger partial charge in [0.25, 0.3) is 0 Å². The van der Waals surface area contributed by atoms with Crippen LogP contribution in [0.2, 0.25) is 0 Å². The third kappa shape index (κ3) is 3.42. The average molecular weight is 289 g/mol. The van der Waals surface area contributed by atoms with Crippen LogP contribution >= 0.6 is 0 Å². The second-order valence-corrected chi connectivity index (χ2v) is 4.95. The van der Waals surface area contributed by atoms with Crippen LogP contribution in [-0.2, 0) is 16.0 Å². The lowest BCUT2D eigenvalue weighted by atomic mass is 9.92. The molecule has 1 atom stereocenters. The SMILES string of the molecule is CCOC(=O)C=Cc1ccc2c(c1)C(C)N(C(=O)O)CC2. The highest BCUT2D eigenvalue weighted by Gasteiger charge is 2.27. The van der Waals surface area contributed by atoms with Gasteiger partial charge in [-0.15, -0.1) is 0 Å². The van der Waals surface area contributed by atoms with Gasteiger partial charge in [-0.05, 0) is 49.1 Å². The molecule has 1 amide bonds. The third-order valence-electron chi connectivity index (χ3n) is 3.65. The number of fused-ring (bicyclic) bond motifs is 1. The molecule has 2 rings (SSSR count). The maximum Gasteiger partial charge on any atom is 0.407 e. The first-order valence-electron chi connectivity index (χ1n) is 7.00. The topological polar surface area (TPSA) is 66.8 Å². The lowest BCUT2D eigenvalue weighted by Crippen LogP contribution is -2.37. The first kappa shape index (κ1) is 15.1. The summed E-state index contributed by atoms with van der Waals surface area (Å²) >= 11 is 0. The molecule has 5 nitrogen and oxygen atoms in total. The van der Waals surface area contributed by atoms with Crippen molar-refractivity contribution in [2.24, 2.45) is 0 Å². The van der Waals surface area contributed by atoms with Crippen molar-refractivity contribution in [1.29, 1.82) is 0 Å². The van der Waals surface area contributed by atoms with Crippen molar-refractivity contribution < 1.29 is 19.4 Å². The Bertz CT molecular complexity index is 580. The van der Waals surface area contributed by atoms with Gasteiger partial charge in [0.2, 0.25) is 0 Å². The van der Waals surface area contributed by atoms with Gasteiger partial charge in [0.05, 0.1) is 12.6 Å². The fraction of sp³-hybridized carbons (Fsp3) is 0.375. The van der Waals surface area contributed by atoms with E-state index in [-0.39, 0.29) is 12.0 Å². The molecule has 0 aliphatic carbocycles. The zero-order valence-corrected chi connectivity index (χ0v) is 12.2. The highest BCUT2D eigenvalue weighted by molar-refractivity contribution is 5.87. The largest absolute Gasteiger partial charge is 0.465 e. The first-order chi connectivity index (χ1) is 10.0. The molecule has 0 saturated heterocycles. The quantitative estimate of drug-likeness (QED) is 0.686. The molecule has 1 aliphatic rings. The molecule has 0 bridgehead atoms. The number of hydrogen-bond acceptors (Lipinski definition) is 3. The van der Waals surface area contributed by atoms with Crippen LogP contribution in [0.5, 0.6) is 0 Å². The van der Waals surface area contributed by atoms with E-state index in [4.69, 9.17) is 4.74 Å². The van der Waals surface area contributed by atoms with Crippen molar-refractivity contribution in [1.82, 2.24) is 4.90 Å². The van der Waals surface area contributed by atoms with Crippen LogP contribution in [0.1, 0.15) is 36.6 Å². The molecule has 1 N–H and O–H groups in total. The molecule has 112 valence electrons. The minimum absolute atomic E-state index is 0.179. The number of ether oxygens (including phenoxy) is 1. The predicted octanol–water partition coefficient (Wildman–Crippen LogP) is 2.86. The Balaban J connectivity index is 2.22. The fourth-order valence-electron chi connectivity index (χ4n) is 2.55. The lowest BCUT2D eigenvalue weighted by molar-refractivity contribution is -0.137. The zero-order chi connectivity index (χ0) is 15.4. The van der Waals surface area contributed by atoms with Crippen molar-refractivity contribution in [3.05, 3.63) is 41.0 Å². The van der Waals surface area contributed by atoms with Gasteiger partial charge in [-0.2, -0.15) is 0 Å². The molecule has 21 heavy (non-hydrogen) atoms. The summed E-state index contributed by atoms with van der Waals surface area (Å²) in [5, 5.41) is 9.19. The van der Waals surface area contributed by atoms with E-state index in [1.165, 1.54) is 11.0 Å². The van der Waals surface area contributed by atoms with Gasteiger partial charge < -0.3 is 14.7 Å². The van der Waals surface area contributed by atoms with E-state index in [2.05, 4.69) is 0 Å². The molecule has 0 aromatic heterocycles. The minimum atomic E-state index is -0.902. The molecular weight excluding hydrogens is 270 g/mol. The zero-order valence-electron chi connectivity index (χ0n) is 12.2. The molecule has 1 aromatic rings. The standard InChI is InChI=1S/C16H19NO4/c1-3-21-15(18)7-5-12-4-6-13-8-9-17(16(19)20)11(2)14(13)10-12/h4-7,10-11H,3,8-9H2,1-2H3,(H,19,20). The summed E-state index contributed by atoms with van der Waals surface area (Å²) in [6, 6.07) is 5.68. The van der Waals surface area contributed by atoms with Crippen LogP contribution in [0, 0.1) is 0 Å². The summed E-state index contributed by atoms with van der Waals surface area (Å²) in [7, 11) is 0. The van der Waals surface area contributed by atoms with Crippen LogP contribution in [-0.4, -0.2) is 35.2 Å². The maximum absolute atomic E-state index is 11.3. The third-order valence-corrected chi connectivity index (χ3v) is 3.65. The Kier molecular flexibility index (Phi) is 4.62. The number of amides is 1. The van der Waals surface area contributed by atoms with E-state index in [9.17, 15) is 14.7 Å². The number of nitrogens with zero attached hydrogens (tertiary/aromatic N) is 1. The Morgan fingerprint density at radius 3 is 2.90 bits per heavy atom. The maximum atomic E-state index is 11.3. The van der Waals surface area contributed by atoms with E-state index in [1.807, 2.05) is 25.1 Å². The number of carbonyl (C=O) groups excluding carboxylic acids is 1. The van der Waals surface area contributed by atoms with Gasteiger partial charge >= 0.3 is 12.1 Å². The van der Waals surface area contributed by atoms with Gasteiger partial charge in [-0.3, -0.25) is 0 Å². The summed E-state index contributed by atoms with van der Waals surface area (Å²) in [5.74, 6) is -0.379. The van der Waals surface area contributed by atoms with Crippen molar-refractivity contribution >= 4 is 18.1 Å². The normalized spacial score (nSPS) is 17.6. The lowest BCUT2D eigenvalue weighted by Gasteiger charge is -2.33. The second-order valence-electron chi connectivity index (χ2n) is 4.95. The van der Waals surface area contributed by atoms with Gasteiger partial charge in [0.15, 0.2) is 0 Å². The monoisotopic (exact) mass is 289 g/mol. The number of carboxylic acid groups (broad SMARTS) is 1. The Hall–Kier alpha value is -2.30. The molecule has 0 saturated carbocycles. The number of esters is 1. The van der Waals surface area contributed by atoms with Gasteiger partial charge in [-0.1, -0.05) is 12.1 Å². The molecular formula is C16H19NO4. The van der Waals surface area contributed by atoms with Crippen LogP contribution in [0.4, 0.5) is 4.79 Å². The van der Waals surface area contributed by atoms with E-state index >= 15 is 0 Å². The Morgan fingerprint density at radius 1 is 1.48 bits per heavy atom. The Labute approximate surface area is 123 Å². The van der Waals surface area contributed by atoms with Crippen LogP contribution in [0.15, 0.2) is 24.3 Å². The van der Waals surface area contributed by atoms with Crippen molar-refractivity contribution in [2.75, 3.05) is 13.2 Å². The fourth-order valence-corrected chi connectivity index (χ4v) is 2.55. The number of rotatable bonds is 3. The van der Waals surface area contributed by atoms with Crippen LogP contribution in [0.25, 0.3) is 6.08 Å². The van der Waals surface area contributed by atoms with E-state index in [0.29, 0.717) is 19.6 Å². The number of benzene rings is 1. The highest BCUT2D eigenvalue weighted by Crippen LogP contribution is 2.30. The summed E-state index contributed by atoms with van der Waals surface area (Å²) in [4.78, 5) is 23.9. The van der Waals surface area contributed by atoms with E-state index < -0.39 is 6.09 Å². The van der Waals surface area contributed by atoms with Crippen LogP contribution in [0.3, 0.4) is 0 Å². The molecule has 1 aromatic carbocycles. The summed E-state index contributed by atoms with van der Waals surface area (Å²) in [5.41, 5.74) is 3.02. The Morgan fingerprint density at radius 2 is 2.24 bits per heavy atom. The molecule has 1 aliphatic heterocycles. The minimum Gasteiger partial charge on any atom is -0.465 e. The van der Waals surface area contributed by atoms with Gasteiger partial charge in [0.1, 0.15) is 0 Å². The molecule has 0 spiro atoms. The summed E-state index contributed by atoms with van der Waals surface area (Å²) < 4.78 is 4.83. The first-order valence-corrected chi connectivity index (χ1v) is 7.00. The number of carbonyl (C=O) groups is 2. The van der Waals surface area contributed by atoms with Crippen molar-refractivity contribution in [3.63, 3.8) is 0 Å². The second kappa shape index (κ2) is 6.43. The molecule has 0 fully saturated rings. The molecule has 0 radical (unpaired) electrons. The van der Waals surface area contributed by atoms with Crippen molar-refractivity contribution in [2.45, 2.75) is 26.3 Å². The van der Waals surface area contributed by atoms with Gasteiger partial charge in [0, 0.05) is 12.6 Å². The predicted molar refractivity (Wildman–Crippen MR) is 79.0 cm³/mol. The smallest absolute Gasteiger partial charge is 0.407 e. The van der Waals surface area contributed by atoms with E-state index in [0.717, 1.165) is 16.7 Å².